The summed E-state index contributed by atoms with van der Waals surface area (Å²) in [6.45, 7) is 0.543. The van der Waals surface area contributed by atoms with E-state index in [1.807, 2.05) is 24.4 Å². The van der Waals surface area contributed by atoms with E-state index in [0.29, 0.717) is 17.8 Å². The number of nitrogens with one attached hydrogen (secondary N) is 2. The lowest BCUT2D eigenvalue weighted by atomic mass is 10.1. The van der Waals surface area contributed by atoms with Gasteiger partial charge in [0.15, 0.2) is 5.65 Å². The number of hydrogen-bond donors (Lipinski definition) is 2. The fraction of sp³-hybridized carbons (Fsp3) is 0.167. The smallest absolute Gasteiger partial charge is 0.251 e. The lowest BCUT2D eigenvalue weighted by Gasteiger charge is -2.06. The number of carbonyl (C=O) groups excluding carboxylic acids is 1. The van der Waals surface area contributed by atoms with Gasteiger partial charge in [-0.3, -0.25) is 4.79 Å². The number of nitrogens with zero attached hydrogens (tertiary/aromatic N) is 3. The molecule has 0 aliphatic carbocycles. The quantitative estimate of drug-likeness (QED) is 0.585. The molecule has 126 valence electrons. The lowest BCUT2D eigenvalue weighted by Crippen LogP contribution is -2.25. The number of amides is 1. The molecule has 0 saturated carbocycles. The highest BCUT2D eigenvalue weighted by Gasteiger charge is 2.09. The first kappa shape index (κ1) is 15.2. The summed E-state index contributed by atoms with van der Waals surface area (Å²) >= 11 is 0. The van der Waals surface area contributed by atoms with E-state index in [4.69, 9.17) is 4.74 Å². The number of pyridine rings is 1. The van der Waals surface area contributed by atoms with Crippen LogP contribution in [0.25, 0.3) is 16.6 Å². The highest BCUT2D eigenvalue weighted by molar-refractivity contribution is 5.95. The largest absolute Gasteiger partial charge is 0.497 e. The number of carbonyl (C=O) groups is 1. The van der Waals surface area contributed by atoms with Gasteiger partial charge in [0.1, 0.15) is 12.1 Å². The molecule has 0 atom stereocenters. The molecule has 7 heteroatoms. The van der Waals surface area contributed by atoms with Crippen LogP contribution in [0.5, 0.6) is 5.75 Å². The molecule has 7 nitrogen and oxygen atoms in total. The molecule has 0 radical (unpaired) electrons. The maximum atomic E-state index is 12.3. The molecule has 3 aromatic heterocycles. The average molecular weight is 335 g/mol. The van der Waals surface area contributed by atoms with Gasteiger partial charge in [0.25, 0.3) is 5.91 Å². The number of aromatic nitrogens is 4. The molecule has 0 unspecified atom stereocenters. The summed E-state index contributed by atoms with van der Waals surface area (Å²) in [6.07, 6.45) is 5.89. The van der Waals surface area contributed by atoms with Crippen LogP contribution in [0.2, 0.25) is 0 Å². The van der Waals surface area contributed by atoms with Crippen LogP contribution >= 0.6 is 0 Å². The van der Waals surface area contributed by atoms with Gasteiger partial charge in [0.05, 0.1) is 7.11 Å². The van der Waals surface area contributed by atoms with E-state index in [0.717, 1.165) is 28.6 Å². The topological polar surface area (TPSA) is 84.3 Å². The Morgan fingerprint density at radius 1 is 1.32 bits per heavy atom. The second kappa shape index (κ2) is 6.27. The summed E-state index contributed by atoms with van der Waals surface area (Å²) < 4.78 is 6.90. The van der Waals surface area contributed by atoms with E-state index in [1.165, 1.54) is 6.33 Å². The number of benzene rings is 1. The third-order valence-corrected chi connectivity index (χ3v) is 4.20. The number of H-pyrrole nitrogens is 1. The van der Waals surface area contributed by atoms with E-state index >= 15 is 0 Å². The third kappa shape index (κ3) is 2.91. The lowest BCUT2D eigenvalue weighted by molar-refractivity contribution is 0.0954. The summed E-state index contributed by atoms with van der Waals surface area (Å²) in [6, 6.07) is 9.36. The second-order valence-electron chi connectivity index (χ2n) is 5.71. The van der Waals surface area contributed by atoms with E-state index in [9.17, 15) is 4.79 Å². The molecule has 2 N–H and O–H groups in total. The van der Waals surface area contributed by atoms with Crippen molar-refractivity contribution in [2.24, 2.45) is 0 Å². The molecule has 3 heterocycles. The Labute approximate surface area is 143 Å². The Morgan fingerprint density at radius 2 is 2.24 bits per heavy atom. The van der Waals surface area contributed by atoms with Gasteiger partial charge in [-0.15, -0.1) is 0 Å². The second-order valence-corrected chi connectivity index (χ2v) is 5.71. The molecule has 0 fully saturated rings. The molecule has 1 aromatic carbocycles. The number of fused-ring (bicyclic) bond motifs is 2. The van der Waals surface area contributed by atoms with Gasteiger partial charge >= 0.3 is 0 Å². The van der Waals surface area contributed by atoms with Crippen LogP contribution in [-0.4, -0.2) is 39.1 Å². The van der Waals surface area contributed by atoms with Crippen molar-refractivity contribution in [3.05, 3.63) is 60.2 Å². The molecule has 1 amide bonds. The van der Waals surface area contributed by atoms with Crippen molar-refractivity contribution in [3.8, 4) is 5.75 Å². The fourth-order valence-corrected chi connectivity index (χ4v) is 2.86. The number of ether oxygens (including phenoxy) is 1. The van der Waals surface area contributed by atoms with Crippen LogP contribution in [-0.2, 0) is 6.42 Å². The standard InChI is InChI=1S/C18H17N5O2/c1-25-14-2-3-16-15(9-14)13(10-20-16)4-6-19-18(24)12-5-7-23-17(8-12)21-11-22-23/h2-3,5,7-11,20H,4,6H2,1H3,(H,19,24). The van der Waals surface area contributed by atoms with E-state index in [2.05, 4.69) is 20.4 Å². The minimum atomic E-state index is -0.122. The average Bonchev–Trinajstić information content (AvgIpc) is 3.27. The molecular formula is C18H17N5O2. The Bertz CT molecular complexity index is 1050. The zero-order valence-electron chi connectivity index (χ0n) is 13.7. The number of methoxy groups -OCH3 is 1. The Balaban J connectivity index is 1.44. The Morgan fingerprint density at radius 3 is 3.12 bits per heavy atom. The molecule has 25 heavy (non-hydrogen) atoms. The van der Waals surface area contributed by atoms with Crippen molar-refractivity contribution in [2.45, 2.75) is 6.42 Å². The molecule has 0 saturated heterocycles. The molecule has 0 aliphatic heterocycles. The summed E-state index contributed by atoms with van der Waals surface area (Å²) in [5.41, 5.74) is 3.42. The van der Waals surface area contributed by atoms with E-state index < -0.39 is 0 Å². The fourth-order valence-electron chi connectivity index (χ4n) is 2.86. The van der Waals surface area contributed by atoms with Gasteiger partial charge in [-0.25, -0.2) is 9.50 Å². The first-order chi connectivity index (χ1) is 12.2. The zero-order chi connectivity index (χ0) is 17.2. The first-order valence-corrected chi connectivity index (χ1v) is 7.96. The van der Waals surface area contributed by atoms with Crippen molar-refractivity contribution in [3.63, 3.8) is 0 Å². The summed E-state index contributed by atoms with van der Waals surface area (Å²) in [5, 5.41) is 8.07. The van der Waals surface area contributed by atoms with Crippen LogP contribution in [0.4, 0.5) is 0 Å². The van der Waals surface area contributed by atoms with Gasteiger partial charge < -0.3 is 15.0 Å². The molecular weight excluding hydrogens is 318 g/mol. The van der Waals surface area contributed by atoms with E-state index in [-0.39, 0.29) is 5.91 Å². The minimum Gasteiger partial charge on any atom is -0.497 e. The van der Waals surface area contributed by atoms with Crippen LogP contribution in [0.15, 0.2) is 49.1 Å². The molecule has 4 rings (SSSR count). The SMILES string of the molecule is COc1ccc2[nH]cc(CCNC(=O)c3ccn4ncnc4c3)c2c1. The highest BCUT2D eigenvalue weighted by atomic mass is 16.5. The van der Waals surface area contributed by atoms with E-state index in [1.54, 1.807) is 30.0 Å². The molecule has 0 bridgehead atoms. The van der Waals surface area contributed by atoms with Crippen LogP contribution in [0.1, 0.15) is 15.9 Å². The van der Waals surface area contributed by atoms with Gasteiger partial charge in [0.2, 0.25) is 0 Å². The number of rotatable bonds is 5. The third-order valence-electron chi connectivity index (χ3n) is 4.20. The molecule has 0 aliphatic rings. The molecule has 0 spiro atoms. The van der Waals surface area contributed by atoms with Gasteiger partial charge in [-0.05, 0) is 42.3 Å². The van der Waals surface area contributed by atoms with Gasteiger partial charge in [-0.1, -0.05) is 0 Å². The predicted octanol–water partition coefficient (Wildman–Crippen LogP) is 2.19. The van der Waals surface area contributed by atoms with Crippen molar-refractivity contribution in [2.75, 3.05) is 13.7 Å². The summed E-state index contributed by atoms with van der Waals surface area (Å²) in [5.74, 6) is 0.696. The predicted molar refractivity (Wildman–Crippen MR) is 93.9 cm³/mol. The van der Waals surface area contributed by atoms with Crippen molar-refractivity contribution < 1.29 is 9.53 Å². The number of hydrogen-bond acceptors (Lipinski definition) is 4. The molecule has 4 aromatic rings. The maximum Gasteiger partial charge on any atom is 0.251 e. The Kier molecular flexibility index (Phi) is 3.81. The van der Waals surface area contributed by atoms with Crippen LogP contribution < -0.4 is 10.1 Å². The van der Waals surface area contributed by atoms with Gasteiger partial charge in [0, 0.05) is 35.4 Å². The first-order valence-electron chi connectivity index (χ1n) is 7.96. The number of aromatic amines is 1. The van der Waals surface area contributed by atoms with Gasteiger partial charge in [-0.2, -0.15) is 5.10 Å². The normalized spacial score (nSPS) is 11.1. The monoisotopic (exact) mass is 335 g/mol. The highest BCUT2D eigenvalue weighted by Crippen LogP contribution is 2.23. The van der Waals surface area contributed by atoms with Crippen LogP contribution in [0.3, 0.4) is 0 Å². The minimum absolute atomic E-state index is 0.122. The Hall–Kier alpha value is -3.35. The van der Waals surface area contributed by atoms with Crippen molar-refractivity contribution in [1.82, 2.24) is 24.9 Å². The maximum absolute atomic E-state index is 12.3. The van der Waals surface area contributed by atoms with Crippen molar-refractivity contribution >= 4 is 22.5 Å². The van der Waals surface area contributed by atoms with Crippen molar-refractivity contribution in [1.29, 1.82) is 0 Å². The summed E-state index contributed by atoms with van der Waals surface area (Å²) in [7, 11) is 1.65. The van der Waals surface area contributed by atoms with Crippen LogP contribution in [0, 0.1) is 0 Å². The summed E-state index contributed by atoms with van der Waals surface area (Å²) in [4.78, 5) is 19.6. The zero-order valence-corrected chi connectivity index (χ0v) is 13.7.